The number of hydrogen-bond acceptors (Lipinski definition) is 6. The molecule has 0 saturated carbocycles. The van der Waals surface area contributed by atoms with Crippen molar-refractivity contribution in [2.75, 3.05) is 0 Å². The molecule has 6 N–H and O–H groups in total. The van der Waals surface area contributed by atoms with Gasteiger partial charge < -0.3 is 31.5 Å². The number of epoxide rings is 1. The molecular formula is C27H34N4O6. The van der Waals surface area contributed by atoms with Crippen molar-refractivity contribution in [1.29, 1.82) is 0 Å². The molecule has 1 aliphatic heterocycles. The number of benzene rings is 2. The van der Waals surface area contributed by atoms with E-state index < -0.39 is 47.9 Å². The van der Waals surface area contributed by atoms with Crippen LogP contribution in [0.4, 0.5) is 0 Å². The fourth-order valence-corrected chi connectivity index (χ4v) is 3.95. The van der Waals surface area contributed by atoms with Crippen LogP contribution in [0.1, 0.15) is 44.4 Å². The highest BCUT2D eigenvalue weighted by molar-refractivity contribution is 5.97. The Morgan fingerprint density at radius 2 is 1.46 bits per heavy atom. The molecule has 0 aromatic heterocycles. The molecule has 1 fully saturated rings. The number of rotatable bonds is 12. The molecule has 4 amide bonds. The van der Waals surface area contributed by atoms with E-state index in [9.17, 15) is 24.3 Å². The van der Waals surface area contributed by atoms with E-state index in [1.807, 2.05) is 51.1 Å². The van der Waals surface area contributed by atoms with Gasteiger partial charge in [-0.05, 0) is 42.5 Å². The largest absolute Gasteiger partial charge is 0.508 e. The molecule has 10 nitrogen and oxygen atoms in total. The van der Waals surface area contributed by atoms with Gasteiger partial charge in [-0.1, -0.05) is 56.3 Å². The predicted octanol–water partition coefficient (Wildman–Crippen LogP) is 1.08. The predicted molar refractivity (Wildman–Crippen MR) is 136 cm³/mol. The van der Waals surface area contributed by atoms with E-state index in [-0.39, 0.29) is 24.1 Å². The highest BCUT2D eigenvalue weighted by Gasteiger charge is 2.51. The molecule has 3 rings (SSSR count). The van der Waals surface area contributed by atoms with E-state index in [0.29, 0.717) is 12.0 Å². The van der Waals surface area contributed by atoms with Crippen LogP contribution in [0.3, 0.4) is 0 Å². The first kappa shape index (κ1) is 27.7. The lowest BCUT2D eigenvalue weighted by molar-refractivity contribution is -0.132. The quantitative estimate of drug-likeness (QED) is 0.268. The summed E-state index contributed by atoms with van der Waals surface area (Å²) in [5.74, 6) is -2.17. The second-order valence-corrected chi connectivity index (χ2v) is 9.64. The molecule has 0 radical (unpaired) electrons. The third-order valence-electron chi connectivity index (χ3n) is 6.04. The van der Waals surface area contributed by atoms with Crippen molar-refractivity contribution < 1.29 is 29.0 Å². The van der Waals surface area contributed by atoms with Gasteiger partial charge in [0.2, 0.25) is 11.8 Å². The van der Waals surface area contributed by atoms with Crippen molar-refractivity contribution in [2.24, 2.45) is 11.7 Å². The van der Waals surface area contributed by atoms with Gasteiger partial charge in [0, 0.05) is 6.42 Å². The molecule has 1 aliphatic rings. The van der Waals surface area contributed by atoms with Gasteiger partial charge in [-0.15, -0.1) is 0 Å². The maximum atomic E-state index is 13.0. The van der Waals surface area contributed by atoms with Gasteiger partial charge in [0.25, 0.3) is 11.8 Å². The van der Waals surface area contributed by atoms with E-state index in [1.54, 1.807) is 12.1 Å². The summed E-state index contributed by atoms with van der Waals surface area (Å²) < 4.78 is 5.32. The van der Waals surface area contributed by atoms with Crippen LogP contribution in [0.2, 0.25) is 0 Å². The van der Waals surface area contributed by atoms with E-state index in [0.717, 1.165) is 5.56 Å². The number of carbonyl (C=O) groups excluding carboxylic acids is 4. The van der Waals surface area contributed by atoms with Gasteiger partial charge in [-0.3, -0.25) is 19.2 Å². The van der Waals surface area contributed by atoms with Crippen LogP contribution in [0, 0.1) is 5.92 Å². The first-order valence-electron chi connectivity index (χ1n) is 12.2. The zero-order chi connectivity index (χ0) is 27.1. The number of hydrogen-bond donors (Lipinski definition) is 5. The molecular weight excluding hydrogens is 476 g/mol. The summed E-state index contributed by atoms with van der Waals surface area (Å²) in [5.41, 5.74) is 7.11. The maximum Gasteiger partial charge on any atom is 0.253 e. The second-order valence-electron chi connectivity index (χ2n) is 9.64. The average molecular weight is 511 g/mol. The van der Waals surface area contributed by atoms with Crippen LogP contribution in [0.25, 0.3) is 0 Å². The van der Waals surface area contributed by atoms with Crippen LogP contribution in [-0.2, 0) is 30.3 Å². The molecule has 2 aromatic rings. The fraction of sp³-hybridized carbons (Fsp3) is 0.407. The van der Waals surface area contributed by atoms with Gasteiger partial charge in [-0.25, -0.2) is 0 Å². The number of ether oxygens (including phenoxy) is 1. The molecule has 198 valence electrons. The molecule has 0 spiro atoms. The summed E-state index contributed by atoms with van der Waals surface area (Å²) in [7, 11) is 0. The smallest absolute Gasteiger partial charge is 0.253 e. The van der Waals surface area contributed by atoms with E-state index in [2.05, 4.69) is 16.0 Å². The Morgan fingerprint density at radius 3 is 2.03 bits per heavy atom. The molecule has 2 aromatic carbocycles. The number of primary amides is 1. The minimum absolute atomic E-state index is 0.0473. The molecule has 0 aliphatic carbocycles. The number of aromatic hydroxyl groups is 1. The lowest BCUT2D eigenvalue weighted by Gasteiger charge is -2.23. The zero-order valence-corrected chi connectivity index (χ0v) is 21.1. The molecule has 1 heterocycles. The Labute approximate surface area is 216 Å². The summed E-state index contributed by atoms with van der Waals surface area (Å²) in [6, 6.07) is 13.4. The first-order chi connectivity index (χ1) is 17.5. The van der Waals surface area contributed by atoms with Crippen molar-refractivity contribution in [3.8, 4) is 5.75 Å². The van der Waals surface area contributed by atoms with Crippen LogP contribution in [0.5, 0.6) is 5.75 Å². The first-order valence-corrected chi connectivity index (χ1v) is 12.2. The normalized spacial score (nSPS) is 18.8. The van der Waals surface area contributed by atoms with Crippen LogP contribution >= 0.6 is 0 Å². The van der Waals surface area contributed by atoms with E-state index in [1.165, 1.54) is 12.1 Å². The Kier molecular flexibility index (Phi) is 9.24. The minimum atomic E-state index is -1.02. The number of amides is 4. The standard InChI is InChI=1S/C27H34N4O6/c1-15(2)13-21(25(34)30-20(24(28)33)14-17-9-11-19(32)12-10-17)31-27(36)23-22(37-23)26(35)29-16(3)18-7-5-4-6-8-18/h4-12,15-16,20-23,32H,13-14H2,1-3H3,(H2,28,33)(H,29,35)(H,30,34)(H,31,36)/t16-,20+,21+,22?,23+/m1/s1. The maximum absolute atomic E-state index is 13.0. The Balaban J connectivity index is 1.58. The monoisotopic (exact) mass is 510 g/mol. The second kappa shape index (κ2) is 12.4. The van der Waals surface area contributed by atoms with Crippen LogP contribution in [0.15, 0.2) is 54.6 Å². The number of carbonyl (C=O) groups is 4. The summed E-state index contributed by atoms with van der Waals surface area (Å²) in [6.07, 6.45) is -1.52. The number of nitrogens with two attached hydrogens (primary N) is 1. The average Bonchev–Trinajstić information content (AvgIpc) is 3.66. The molecule has 1 saturated heterocycles. The Bertz CT molecular complexity index is 1110. The summed E-state index contributed by atoms with van der Waals surface area (Å²) >= 11 is 0. The third-order valence-corrected chi connectivity index (χ3v) is 6.04. The SMILES string of the molecule is CC(C)C[C@H](NC(=O)[C@H]1OC1C(=O)N[C@H](C)c1ccccc1)C(=O)N[C@@H](Cc1ccc(O)cc1)C(N)=O. The highest BCUT2D eigenvalue weighted by Crippen LogP contribution is 2.24. The number of phenolic OH excluding ortho intramolecular Hbond substituents is 1. The van der Waals surface area contributed by atoms with Crippen molar-refractivity contribution in [3.05, 3.63) is 65.7 Å². The van der Waals surface area contributed by atoms with Gasteiger partial charge in [0.15, 0.2) is 12.2 Å². The molecule has 1 unspecified atom stereocenters. The van der Waals surface area contributed by atoms with Crippen molar-refractivity contribution >= 4 is 23.6 Å². The third kappa shape index (κ3) is 8.04. The Morgan fingerprint density at radius 1 is 0.865 bits per heavy atom. The van der Waals surface area contributed by atoms with Gasteiger partial charge in [0.05, 0.1) is 6.04 Å². The minimum Gasteiger partial charge on any atom is -0.508 e. The van der Waals surface area contributed by atoms with Gasteiger partial charge in [-0.2, -0.15) is 0 Å². The lowest BCUT2D eigenvalue weighted by atomic mass is 10.0. The molecule has 37 heavy (non-hydrogen) atoms. The topological polar surface area (TPSA) is 163 Å². The van der Waals surface area contributed by atoms with E-state index in [4.69, 9.17) is 10.5 Å². The van der Waals surface area contributed by atoms with Crippen LogP contribution < -0.4 is 21.7 Å². The molecule has 0 bridgehead atoms. The number of phenols is 1. The van der Waals surface area contributed by atoms with Gasteiger partial charge in [0.1, 0.15) is 17.8 Å². The number of nitrogens with one attached hydrogen (secondary N) is 3. The highest BCUT2D eigenvalue weighted by atomic mass is 16.6. The van der Waals surface area contributed by atoms with Crippen molar-refractivity contribution in [1.82, 2.24) is 16.0 Å². The zero-order valence-electron chi connectivity index (χ0n) is 21.1. The summed E-state index contributed by atoms with van der Waals surface area (Å²) in [4.78, 5) is 50.4. The van der Waals surface area contributed by atoms with Crippen molar-refractivity contribution in [2.45, 2.75) is 63.9 Å². The molecule has 5 atom stereocenters. The Hall–Kier alpha value is -3.92. The van der Waals surface area contributed by atoms with Crippen molar-refractivity contribution in [3.63, 3.8) is 0 Å². The fourth-order valence-electron chi connectivity index (χ4n) is 3.95. The lowest BCUT2D eigenvalue weighted by Crippen LogP contribution is -2.54. The molecule has 10 heteroatoms. The van der Waals surface area contributed by atoms with E-state index >= 15 is 0 Å². The van der Waals surface area contributed by atoms with Crippen LogP contribution in [-0.4, -0.2) is 53.0 Å². The summed E-state index contributed by atoms with van der Waals surface area (Å²) in [5, 5.41) is 17.5. The van der Waals surface area contributed by atoms with Gasteiger partial charge >= 0.3 is 0 Å². The summed E-state index contributed by atoms with van der Waals surface area (Å²) in [6.45, 7) is 5.62.